The van der Waals surface area contributed by atoms with E-state index in [0.717, 1.165) is 44.8 Å². The van der Waals surface area contributed by atoms with Gasteiger partial charge in [0, 0.05) is 23.4 Å². The van der Waals surface area contributed by atoms with Crippen LogP contribution in [0.25, 0.3) is 33.5 Å². The standard InChI is InChI=1S/C33H36FNO5/c1-21(2)32-30(24-10-8-22(20-36)9-11-24)31(23-6-4-3-5-7-23)33(25-12-14-26(34)15-13-25)35(32)17-16-27(37)18-28(38)19-29(39)40/h3-15,21,27-28,36-38H,16-20H2,1-2H3,(H,39,40). The zero-order valence-electron chi connectivity index (χ0n) is 22.8. The number of hydrogen-bond donors (Lipinski definition) is 4. The third-order valence-corrected chi connectivity index (χ3v) is 7.10. The van der Waals surface area contributed by atoms with Gasteiger partial charge in [0.15, 0.2) is 0 Å². The van der Waals surface area contributed by atoms with Crippen LogP contribution in [0.3, 0.4) is 0 Å². The van der Waals surface area contributed by atoms with Crippen molar-refractivity contribution in [1.82, 2.24) is 4.57 Å². The van der Waals surface area contributed by atoms with Crippen molar-refractivity contribution < 1.29 is 29.6 Å². The monoisotopic (exact) mass is 545 g/mol. The number of carboxylic acid groups (broad SMARTS) is 1. The van der Waals surface area contributed by atoms with E-state index >= 15 is 0 Å². The quantitative estimate of drug-likeness (QED) is 0.169. The Balaban J connectivity index is 1.93. The molecule has 0 aliphatic carbocycles. The van der Waals surface area contributed by atoms with Gasteiger partial charge in [-0.15, -0.1) is 0 Å². The molecule has 0 radical (unpaired) electrons. The average Bonchev–Trinajstić information content (AvgIpc) is 3.27. The number of halogens is 1. The molecule has 0 spiro atoms. The van der Waals surface area contributed by atoms with Crippen LogP contribution < -0.4 is 0 Å². The van der Waals surface area contributed by atoms with Gasteiger partial charge in [0.2, 0.25) is 0 Å². The molecule has 40 heavy (non-hydrogen) atoms. The summed E-state index contributed by atoms with van der Waals surface area (Å²) in [5.74, 6) is -1.39. The van der Waals surface area contributed by atoms with Crippen molar-refractivity contribution in [2.24, 2.45) is 0 Å². The number of aliphatic hydroxyl groups is 3. The molecule has 0 aliphatic heterocycles. The summed E-state index contributed by atoms with van der Waals surface area (Å²) in [6.07, 6.45) is -2.23. The van der Waals surface area contributed by atoms with E-state index in [9.17, 15) is 24.5 Å². The van der Waals surface area contributed by atoms with Crippen molar-refractivity contribution in [2.45, 2.75) is 64.4 Å². The van der Waals surface area contributed by atoms with Gasteiger partial charge in [0.05, 0.1) is 30.9 Å². The Morgan fingerprint density at radius 1 is 0.825 bits per heavy atom. The van der Waals surface area contributed by atoms with Crippen molar-refractivity contribution in [3.8, 4) is 33.5 Å². The molecule has 4 rings (SSSR count). The summed E-state index contributed by atoms with van der Waals surface area (Å²) in [4.78, 5) is 11.0. The zero-order chi connectivity index (χ0) is 28.8. The van der Waals surface area contributed by atoms with Gasteiger partial charge < -0.3 is 25.0 Å². The molecular formula is C33H36FNO5. The van der Waals surface area contributed by atoms with Crippen LogP contribution in [-0.4, -0.2) is 43.2 Å². The second kappa shape index (κ2) is 13.0. The smallest absolute Gasteiger partial charge is 0.305 e. The third kappa shape index (κ3) is 6.67. The Hall–Kier alpha value is -3.78. The first-order chi connectivity index (χ1) is 19.2. The number of benzene rings is 3. The summed E-state index contributed by atoms with van der Waals surface area (Å²) in [5.41, 5.74) is 7.50. The van der Waals surface area contributed by atoms with Gasteiger partial charge in [-0.1, -0.05) is 68.4 Å². The van der Waals surface area contributed by atoms with Crippen molar-refractivity contribution >= 4 is 5.97 Å². The maximum absolute atomic E-state index is 14.0. The molecule has 7 heteroatoms. The first-order valence-electron chi connectivity index (χ1n) is 13.5. The Bertz CT molecular complexity index is 1410. The summed E-state index contributed by atoms with van der Waals surface area (Å²) in [7, 11) is 0. The highest BCUT2D eigenvalue weighted by Crippen LogP contribution is 2.47. The van der Waals surface area contributed by atoms with Gasteiger partial charge in [0.1, 0.15) is 5.82 Å². The van der Waals surface area contributed by atoms with E-state index in [2.05, 4.69) is 18.4 Å². The Morgan fingerprint density at radius 2 is 1.43 bits per heavy atom. The predicted molar refractivity (Wildman–Crippen MR) is 154 cm³/mol. The summed E-state index contributed by atoms with van der Waals surface area (Å²) in [6.45, 7) is 4.55. The number of nitrogens with zero attached hydrogens (tertiary/aromatic N) is 1. The fourth-order valence-electron chi connectivity index (χ4n) is 5.33. The largest absolute Gasteiger partial charge is 0.481 e. The highest BCUT2D eigenvalue weighted by molar-refractivity contribution is 5.96. The summed E-state index contributed by atoms with van der Waals surface area (Å²) in [5, 5.41) is 39.4. The minimum Gasteiger partial charge on any atom is -0.481 e. The van der Waals surface area contributed by atoms with Gasteiger partial charge in [-0.2, -0.15) is 0 Å². The number of aromatic nitrogens is 1. The van der Waals surface area contributed by atoms with Crippen LogP contribution in [0.15, 0.2) is 78.9 Å². The molecule has 0 saturated carbocycles. The third-order valence-electron chi connectivity index (χ3n) is 7.10. The number of aliphatic hydroxyl groups excluding tert-OH is 3. The number of carbonyl (C=O) groups is 1. The average molecular weight is 546 g/mol. The predicted octanol–water partition coefficient (Wildman–Crippen LogP) is 6.22. The van der Waals surface area contributed by atoms with Crippen LogP contribution in [0.4, 0.5) is 4.39 Å². The van der Waals surface area contributed by atoms with E-state index < -0.39 is 24.6 Å². The molecule has 2 atom stereocenters. The number of rotatable bonds is 12. The second-order valence-electron chi connectivity index (χ2n) is 10.4. The molecule has 0 bridgehead atoms. The molecule has 0 aliphatic rings. The minimum absolute atomic E-state index is 0.0442. The molecule has 6 nitrogen and oxygen atoms in total. The Kier molecular flexibility index (Phi) is 9.53. The van der Waals surface area contributed by atoms with Gasteiger partial charge in [-0.3, -0.25) is 4.79 Å². The molecule has 0 fully saturated rings. The first kappa shape index (κ1) is 29.2. The van der Waals surface area contributed by atoms with Gasteiger partial charge in [0.25, 0.3) is 0 Å². The van der Waals surface area contributed by atoms with Crippen LogP contribution in [-0.2, 0) is 17.9 Å². The van der Waals surface area contributed by atoms with E-state index in [1.807, 2.05) is 54.6 Å². The van der Waals surface area contributed by atoms with Gasteiger partial charge >= 0.3 is 5.97 Å². The zero-order valence-corrected chi connectivity index (χ0v) is 22.8. The maximum Gasteiger partial charge on any atom is 0.305 e. The van der Waals surface area contributed by atoms with Gasteiger partial charge in [-0.25, -0.2) is 4.39 Å². The van der Waals surface area contributed by atoms with Crippen LogP contribution in [0, 0.1) is 5.82 Å². The van der Waals surface area contributed by atoms with Crippen LogP contribution in [0.1, 0.15) is 50.3 Å². The molecule has 0 saturated heterocycles. The van der Waals surface area contributed by atoms with Crippen molar-refractivity contribution in [3.05, 3.63) is 95.9 Å². The lowest BCUT2D eigenvalue weighted by atomic mass is 9.90. The fraction of sp³-hybridized carbons (Fsp3) is 0.303. The van der Waals surface area contributed by atoms with Crippen molar-refractivity contribution in [3.63, 3.8) is 0 Å². The summed E-state index contributed by atoms with van der Waals surface area (Å²) >= 11 is 0. The van der Waals surface area contributed by atoms with Crippen molar-refractivity contribution in [1.29, 1.82) is 0 Å². The van der Waals surface area contributed by atoms with Crippen LogP contribution >= 0.6 is 0 Å². The molecule has 4 aromatic rings. The summed E-state index contributed by atoms with van der Waals surface area (Å²) in [6, 6.07) is 24.1. The SMILES string of the molecule is CC(C)c1c(-c2ccc(CO)cc2)c(-c2ccccc2)c(-c2ccc(F)cc2)n1CCC(O)CC(O)CC(=O)O. The lowest BCUT2D eigenvalue weighted by Gasteiger charge is -2.20. The maximum atomic E-state index is 14.0. The molecule has 0 amide bonds. The van der Waals surface area contributed by atoms with Gasteiger partial charge in [-0.05, 0) is 65.3 Å². The van der Waals surface area contributed by atoms with E-state index in [1.165, 1.54) is 12.1 Å². The lowest BCUT2D eigenvalue weighted by molar-refractivity contribution is -0.139. The molecule has 3 aromatic carbocycles. The molecule has 1 aromatic heterocycles. The molecule has 210 valence electrons. The van der Waals surface area contributed by atoms with Crippen molar-refractivity contribution in [2.75, 3.05) is 0 Å². The summed E-state index contributed by atoms with van der Waals surface area (Å²) < 4.78 is 16.2. The highest BCUT2D eigenvalue weighted by Gasteiger charge is 2.28. The molecule has 1 heterocycles. The first-order valence-corrected chi connectivity index (χ1v) is 13.5. The number of aliphatic carboxylic acids is 1. The Morgan fingerprint density at radius 3 is 2.00 bits per heavy atom. The van der Waals surface area contributed by atoms with E-state index in [0.29, 0.717) is 6.54 Å². The minimum atomic E-state index is -1.14. The number of hydrogen-bond acceptors (Lipinski definition) is 4. The van der Waals surface area contributed by atoms with Crippen LogP contribution in [0.5, 0.6) is 0 Å². The van der Waals surface area contributed by atoms with E-state index in [4.69, 9.17) is 5.11 Å². The normalized spacial score (nSPS) is 13.0. The molecule has 4 N–H and O–H groups in total. The highest BCUT2D eigenvalue weighted by atomic mass is 19.1. The molecule has 2 unspecified atom stereocenters. The lowest BCUT2D eigenvalue weighted by Crippen LogP contribution is -2.22. The number of carboxylic acids is 1. The van der Waals surface area contributed by atoms with Crippen LogP contribution in [0.2, 0.25) is 0 Å². The van der Waals surface area contributed by atoms with E-state index in [1.54, 1.807) is 12.1 Å². The fourth-order valence-corrected chi connectivity index (χ4v) is 5.33. The second-order valence-corrected chi connectivity index (χ2v) is 10.4. The molecular weight excluding hydrogens is 509 g/mol. The topological polar surface area (TPSA) is 103 Å². The van der Waals surface area contributed by atoms with E-state index in [-0.39, 0.29) is 31.2 Å². The Labute approximate surface area is 234 Å².